The Balaban J connectivity index is 1.47. The Labute approximate surface area is 173 Å². The van der Waals surface area contributed by atoms with Crippen LogP contribution < -0.4 is 20.9 Å². The van der Waals surface area contributed by atoms with Crippen molar-refractivity contribution in [1.29, 1.82) is 0 Å². The smallest absolute Gasteiger partial charge is 0.159 e. The summed E-state index contributed by atoms with van der Waals surface area (Å²) in [6.07, 6.45) is 1.54. The van der Waals surface area contributed by atoms with Crippen LogP contribution in [-0.2, 0) is 0 Å². The van der Waals surface area contributed by atoms with Crippen LogP contribution in [0, 0.1) is 0 Å². The monoisotopic (exact) mass is 414 g/mol. The average Bonchev–Trinajstić information content (AvgIpc) is 2.71. The van der Waals surface area contributed by atoms with Gasteiger partial charge in [0.25, 0.3) is 0 Å². The van der Waals surface area contributed by atoms with Crippen molar-refractivity contribution in [2.24, 2.45) is 0 Å². The molecule has 2 aromatic carbocycles. The first-order valence-corrected chi connectivity index (χ1v) is 9.74. The molecule has 1 aliphatic heterocycles. The molecular formula is C20H20Cl2N6. The van der Waals surface area contributed by atoms with Crippen molar-refractivity contribution in [2.45, 2.75) is 0 Å². The highest BCUT2D eigenvalue weighted by Gasteiger charge is 2.21. The van der Waals surface area contributed by atoms with E-state index in [0.717, 1.165) is 48.4 Å². The minimum Gasteiger partial charge on any atom is -0.393 e. The fourth-order valence-corrected chi connectivity index (χ4v) is 3.57. The molecule has 0 unspecified atom stereocenters. The van der Waals surface area contributed by atoms with Crippen molar-refractivity contribution in [2.75, 3.05) is 47.0 Å². The molecule has 1 saturated heterocycles. The second-order valence-electron chi connectivity index (χ2n) is 6.55. The van der Waals surface area contributed by atoms with Gasteiger partial charge in [-0.2, -0.15) is 0 Å². The van der Waals surface area contributed by atoms with E-state index in [0.29, 0.717) is 16.5 Å². The second kappa shape index (κ2) is 8.12. The lowest BCUT2D eigenvalue weighted by molar-refractivity contribution is 0.647. The molecule has 0 saturated carbocycles. The number of rotatable bonds is 4. The summed E-state index contributed by atoms with van der Waals surface area (Å²) >= 11 is 12.1. The fourth-order valence-electron chi connectivity index (χ4n) is 3.26. The quantitative estimate of drug-likeness (QED) is 0.657. The number of halogens is 2. The first-order valence-electron chi connectivity index (χ1n) is 8.99. The van der Waals surface area contributed by atoms with Gasteiger partial charge in [-0.25, -0.2) is 9.97 Å². The van der Waals surface area contributed by atoms with E-state index in [1.807, 2.05) is 42.5 Å². The zero-order valence-electron chi connectivity index (χ0n) is 15.1. The number of benzene rings is 2. The number of hydrogen-bond donors (Lipinski definition) is 2. The van der Waals surface area contributed by atoms with E-state index in [-0.39, 0.29) is 0 Å². The predicted molar refractivity (Wildman–Crippen MR) is 117 cm³/mol. The molecular weight excluding hydrogens is 395 g/mol. The van der Waals surface area contributed by atoms with Crippen LogP contribution in [0.15, 0.2) is 54.9 Å². The summed E-state index contributed by atoms with van der Waals surface area (Å²) in [5.41, 5.74) is 8.91. The lowest BCUT2D eigenvalue weighted by Gasteiger charge is -2.37. The number of nitrogen functional groups attached to an aromatic ring is 1. The minimum absolute atomic E-state index is 0.536. The van der Waals surface area contributed by atoms with E-state index in [4.69, 9.17) is 28.9 Å². The Morgan fingerprint density at radius 3 is 2.29 bits per heavy atom. The van der Waals surface area contributed by atoms with Crippen LogP contribution in [0.2, 0.25) is 10.0 Å². The van der Waals surface area contributed by atoms with Crippen LogP contribution in [0.3, 0.4) is 0 Å². The molecule has 3 aromatic rings. The average molecular weight is 415 g/mol. The molecule has 0 amide bonds. The van der Waals surface area contributed by atoms with Gasteiger partial charge in [-0.05, 0) is 42.5 Å². The van der Waals surface area contributed by atoms with Gasteiger partial charge in [0.2, 0.25) is 0 Å². The van der Waals surface area contributed by atoms with Gasteiger partial charge in [0.1, 0.15) is 12.0 Å². The maximum atomic E-state index is 6.37. The molecule has 2 heterocycles. The first-order chi connectivity index (χ1) is 13.6. The van der Waals surface area contributed by atoms with E-state index in [2.05, 4.69) is 31.2 Å². The van der Waals surface area contributed by atoms with Crippen LogP contribution >= 0.6 is 23.2 Å². The summed E-state index contributed by atoms with van der Waals surface area (Å²) in [5, 5.41) is 4.66. The lowest BCUT2D eigenvalue weighted by atomic mass is 10.2. The Hall–Kier alpha value is -2.70. The zero-order chi connectivity index (χ0) is 19.5. The molecule has 3 N–H and O–H groups in total. The van der Waals surface area contributed by atoms with Gasteiger partial charge in [0.15, 0.2) is 11.6 Å². The number of aromatic nitrogens is 2. The summed E-state index contributed by atoms with van der Waals surface area (Å²) in [6, 6.07) is 15.3. The van der Waals surface area contributed by atoms with E-state index in [1.165, 1.54) is 6.33 Å². The number of nitrogens with one attached hydrogen (secondary N) is 1. The number of nitrogens with two attached hydrogens (primary N) is 1. The molecule has 1 aliphatic rings. The highest BCUT2D eigenvalue weighted by Crippen LogP contribution is 2.30. The number of hydrogen-bond acceptors (Lipinski definition) is 6. The maximum absolute atomic E-state index is 6.37. The molecule has 0 radical (unpaired) electrons. The van der Waals surface area contributed by atoms with Crippen molar-refractivity contribution in [3.63, 3.8) is 0 Å². The van der Waals surface area contributed by atoms with Crippen LogP contribution in [-0.4, -0.2) is 36.1 Å². The van der Waals surface area contributed by atoms with Crippen molar-refractivity contribution >= 4 is 51.9 Å². The van der Waals surface area contributed by atoms with Gasteiger partial charge in [-0.15, -0.1) is 0 Å². The summed E-state index contributed by atoms with van der Waals surface area (Å²) in [7, 11) is 0. The van der Waals surface area contributed by atoms with Gasteiger partial charge < -0.3 is 20.9 Å². The zero-order valence-corrected chi connectivity index (χ0v) is 16.7. The van der Waals surface area contributed by atoms with Gasteiger partial charge >= 0.3 is 0 Å². The van der Waals surface area contributed by atoms with Gasteiger partial charge in [-0.1, -0.05) is 29.3 Å². The lowest BCUT2D eigenvalue weighted by Crippen LogP contribution is -2.47. The molecule has 1 fully saturated rings. The molecule has 6 nitrogen and oxygen atoms in total. The normalized spacial score (nSPS) is 14.2. The topological polar surface area (TPSA) is 70.3 Å². The fraction of sp³-hybridized carbons (Fsp3) is 0.200. The molecule has 1 aromatic heterocycles. The third-order valence-electron chi connectivity index (χ3n) is 4.72. The molecule has 4 rings (SSSR count). The minimum atomic E-state index is 0.536. The van der Waals surface area contributed by atoms with Gasteiger partial charge in [0, 0.05) is 47.6 Å². The summed E-state index contributed by atoms with van der Waals surface area (Å²) in [6.45, 7) is 3.36. The molecule has 0 atom stereocenters. The van der Waals surface area contributed by atoms with Gasteiger partial charge in [0.05, 0.1) is 0 Å². The molecule has 28 heavy (non-hydrogen) atoms. The molecule has 0 spiro atoms. The Morgan fingerprint density at radius 1 is 0.857 bits per heavy atom. The van der Waals surface area contributed by atoms with Crippen LogP contribution in [0.4, 0.5) is 28.7 Å². The second-order valence-corrected chi connectivity index (χ2v) is 7.42. The number of anilines is 5. The molecule has 0 bridgehead atoms. The van der Waals surface area contributed by atoms with E-state index < -0.39 is 0 Å². The first kappa shape index (κ1) is 18.7. The Morgan fingerprint density at radius 2 is 1.57 bits per heavy atom. The van der Waals surface area contributed by atoms with E-state index in [1.54, 1.807) is 0 Å². The number of piperazine rings is 1. The number of nitrogens with zero attached hydrogens (tertiary/aromatic N) is 4. The highest BCUT2D eigenvalue weighted by atomic mass is 35.5. The molecule has 8 heteroatoms. The third kappa shape index (κ3) is 4.08. The van der Waals surface area contributed by atoms with Crippen molar-refractivity contribution in [3.8, 4) is 0 Å². The SMILES string of the molecule is Nc1c(Nc2ccc(Cl)cc2)ncnc1N1CCN(c2cccc(Cl)c2)CC1. The van der Waals surface area contributed by atoms with E-state index in [9.17, 15) is 0 Å². The van der Waals surface area contributed by atoms with Crippen molar-refractivity contribution in [3.05, 3.63) is 64.9 Å². The van der Waals surface area contributed by atoms with Gasteiger partial charge in [-0.3, -0.25) is 0 Å². The van der Waals surface area contributed by atoms with Crippen LogP contribution in [0.1, 0.15) is 0 Å². The van der Waals surface area contributed by atoms with Crippen LogP contribution in [0.25, 0.3) is 0 Å². The van der Waals surface area contributed by atoms with Crippen LogP contribution in [0.5, 0.6) is 0 Å². The third-order valence-corrected chi connectivity index (χ3v) is 5.21. The largest absolute Gasteiger partial charge is 0.393 e. The van der Waals surface area contributed by atoms with Crippen molar-refractivity contribution in [1.82, 2.24) is 9.97 Å². The highest BCUT2D eigenvalue weighted by molar-refractivity contribution is 6.31. The summed E-state index contributed by atoms with van der Waals surface area (Å²) < 4.78 is 0. The summed E-state index contributed by atoms with van der Waals surface area (Å²) in [5.74, 6) is 1.34. The summed E-state index contributed by atoms with van der Waals surface area (Å²) in [4.78, 5) is 13.2. The Kier molecular flexibility index (Phi) is 5.41. The maximum Gasteiger partial charge on any atom is 0.159 e. The standard InChI is InChI=1S/C20H20Cl2N6/c21-14-4-6-16(7-5-14)26-19-18(23)20(25-13-24-19)28-10-8-27(9-11-28)17-3-1-2-15(22)12-17/h1-7,12-13H,8-11,23H2,(H,24,25,26). The predicted octanol–water partition coefficient (Wildman–Crippen LogP) is 4.44. The van der Waals surface area contributed by atoms with E-state index >= 15 is 0 Å². The Bertz CT molecular complexity index is 955. The molecule has 0 aliphatic carbocycles. The van der Waals surface area contributed by atoms with Crippen molar-refractivity contribution < 1.29 is 0 Å². The molecule has 144 valence electrons.